The molecule has 1 saturated carbocycles. The normalized spacial score (nSPS) is 27.6. The van der Waals surface area contributed by atoms with Crippen LogP contribution in [0.3, 0.4) is 0 Å². The van der Waals surface area contributed by atoms with Gasteiger partial charge in [-0.25, -0.2) is 0 Å². The molecule has 0 aromatic heterocycles. The van der Waals surface area contributed by atoms with Crippen LogP contribution in [-0.4, -0.2) is 30.2 Å². The Morgan fingerprint density at radius 2 is 2.22 bits per heavy atom. The lowest BCUT2D eigenvalue weighted by atomic mass is 9.85. The van der Waals surface area contributed by atoms with E-state index in [1.54, 1.807) is 0 Å². The SMILES string of the molecule is CCOC1CC(N2CCc3c(N)cccc3C2)C1. The monoisotopic (exact) mass is 246 g/mol. The Bertz CT molecular complexity index is 427. The summed E-state index contributed by atoms with van der Waals surface area (Å²) < 4.78 is 5.64. The van der Waals surface area contributed by atoms with Crippen molar-refractivity contribution in [3.8, 4) is 0 Å². The van der Waals surface area contributed by atoms with Crippen molar-refractivity contribution >= 4 is 5.69 Å². The van der Waals surface area contributed by atoms with Crippen LogP contribution in [0.25, 0.3) is 0 Å². The van der Waals surface area contributed by atoms with E-state index in [2.05, 4.69) is 24.0 Å². The van der Waals surface area contributed by atoms with Crippen LogP contribution >= 0.6 is 0 Å². The third-order valence-electron chi connectivity index (χ3n) is 4.32. The van der Waals surface area contributed by atoms with E-state index in [-0.39, 0.29) is 0 Å². The second-order valence-corrected chi connectivity index (χ2v) is 5.41. The fourth-order valence-corrected chi connectivity index (χ4v) is 3.18. The van der Waals surface area contributed by atoms with E-state index in [4.69, 9.17) is 10.5 Å². The molecular weight excluding hydrogens is 224 g/mol. The lowest BCUT2D eigenvalue weighted by Gasteiger charge is -2.44. The molecule has 0 radical (unpaired) electrons. The summed E-state index contributed by atoms with van der Waals surface area (Å²) in [5.74, 6) is 0. The van der Waals surface area contributed by atoms with E-state index in [0.717, 1.165) is 37.8 Å². The molecule has 3 heteroatoms. The van der Waals surface area contributed by atoms with Crippen LogP contribution < -0.4 is 5.73 Å². The van der Waals surface area contributed by atoms with Gasteiger partial charge in [0.2, 0.25) is 0 Å². The molecule has 2 N–H and O–H groups in total. The molecular formula is C15H22N2O. The van der Waals surface area contributed by atoms with Crippen LogP contribution in [0.1, 0.15) is 30.9 Å². The standard InChI is InChI=1S/C15H22N2O/c1-2-18-13-8-12(9-13)17-7-6-14-11(10-17)4-3-5-15(14)16/h3-5,12-13H,2,6-10,16H2,1H3. The van der Waals surface area contributed by atoms with Gasteiger partial charge < -0.3 is 10.5 Å². The van der Waals surface area contributed by atoms with Gasteiger partial charge in [0.05, 0.1) is 6.10 Å². The zero-order chi connectivity index (χ0) is 12.5. The molecule has 1 aromatic carbocycles. The molecule has 1 aliphatic carbocycles. The Kier molecular flexibility index (Phi) is 3.27. The fraction of sp³-hybridized carbons (Fsp3) is 0.600. The Morgan fingerprint density at radius 3 is 3.00 bits per heavy atom. The number of hydrogen-bond donors (Lipinski definition) is 1. The van der Waals surface area contributed by atoms with Gasteiger partial charge in [-0.05, 0) is 43.4 Å². The van der Waals surface area contributed by atoms with Crippen LogP contribution in [0.4, 0.5) is 5.69 Å². The van der Waals surface area contributed by atoms with Crippen molar-refractivity contribution in [1.29, 1.82) is 0 Å². The van der Waals surface area contributed by atoms with Gasteiger partial charge in [-0.2, -0.15) is 0 Å². The fourth-order valence-electron chi connectivity index (χ4n) is 3.18. The van der Waals surface area contributed by atoms with Crippen molar-refractivity contribution in [2.75, 3.05) is 18.9 Å². The quantitative estimate of drug-likeness (QED) is 0.831. The summed E-state index contributed by atoms with van der Waals surface area (Å²) in [4.78, 5) is 2.59. The Balaban J connectivity index is 1.62. The first kappa shape index (κ1) is 12.0. The number of fused-ring (bicyclic) bond motifs is 1. The van der Waals surface area contributed by atoms with E-state index < -0.39 is 0 Å². The predicted molar refractivity (Wildman–Crippen MR) is 73.4 cm³/mol. The Hall–Kier alpha value is -1.06. The second-order valence-electron chi connectivity index (χ2n) is 5.41. The smallest absolute Gasteiger partial charge is 0.0604 e. The highest BCUT2D eigenvalue weighted by Gasteiger charge is 2.35. The molecule has 0 unspecified atom stereocenters. The van der Waals surface area contributed by atoms with Gasteiger partial charge in [0.1, 0.15) is 0 Å². The minimum Gasteiger partial charge on any atom is -0.398 e. The van der Waals surface area contributed by atoms with Crippen molar-refractivity contribution in [3.63, 3.8) is 0 Å². The van der Waals surface area contributed by atoms with Crippen LogP contribution in [0.15, 0.2) is 18.2 Å². The summed E-state index contributed by atoms with van der Waals surface area (Å²) in [7, 11) is 0. The van der Waals surface area contributed by atoms with Gasteiger partial charge >= 0.3 is 0 Å². The first-order valence-electron chi connectivity index (χ1n) is 6.99. The molecule has 0 saturated heterocycles. The summed E-state index contributed by atoms with van der Waals surface area (Å²) in [6.07, 6.45) is 4.00. The lowest BCUT2D eigenvalue weighted by Crippen LogP contribution is -2.49. The molecule has 0 amide bonds. The number of anilines is 1. The van der Waals surface area contributed by atoms with Crippen molar-refractivity contribution in [2.24, 2.45) is 0 Å². The van der Waals surface area contributed by atoms with Gasteiger partial charge in [0, 0.05) is 31.4 Å². The number of nitrogens with two attached hydrogens (primary N) is 1. The largest absolute Gasteiger partial charge is 0.398 e. The number of nitrogens with zero attached hydrogens (tertiary/aromatic N) is 1. The second kappa shape index (κ2) is 4.90. The Morgan fingerprint density at radius 1 is 1.39 bits per heavy atom. The van der Waals surface area contributed by atoms with E-state index in [9.17, 15) is 0 Å². The minimum absolute atomic E-state index is 0.502. The van der Waals surface area contributed by atoms with Crippen LogP contribution in [0.2, 0.25) is 0 Å². The van der Waals surface area contributed by atoms with E-state index >= 15 is 0 Å². The predicted octanol–water partition coefficient (Wildman–Crippen LogP) is 2.19. The van der Waals surface area contributed by atoms with Crippen molar-refractivity contribution in [2.45, 2.75) is 44.9 Å². The molecule has 1 aliphatic heterocycles. The van der Waals surface area contributed by atoms with Gasteiger partial charge in [-0.15, -0.1) is 0 Å². The molecule has 1 heterocycles. The zero-order valence-corrected chi connectivity index (χ0v) is 11.1. The van der Waals surface area contributed by atoms with Gasteiger partial charge in [-0.3, -0.25) is 4.90 Å². The number of nitrogen functional groups attached to an aromatic ring is 1. The average molecular weight is 246 g/mol. The molecule has 2 aliphatic rings. The summed E-state index contributed by atoms with van der Waals surface area (Å²) in [6, 6.07) is 7.03. The molecule has 3 nitrogen and oxygen atoms in total. The maximum absolute atomic E-state index is 6.03. The molecule has 1 fully saturated rings. The lowest BCUT2D eigenvalue weighted by molar-refractivity contribution is -0.0498. The van der Waals surface area contributed by atoms with Gasteiger partial charge in [-0.1, -0.05) is 12.1 Å². The van der Waals surface area contributed by atoms with Crippen molar-refractivity contribution < 1.29 is 4.74 Å². The molecule has 0 spiro atoms. The number of rotatable bonds is 3. The zero-order valence-electron chi connectivity index (χ0n) is 11.1. The highest BCUT2D eigenvalue weighted by Crippen LogP contribution is 2.33. The van der Waals surface area contributed by atoms with Crippen molar-refractivity contribution in [3.05, 3.63) is 29.3 Å². The van der Waals surface area contributed by atoms with Gasteiger partial charge in [0.25, 0.3) is 0 Å². The molecule has 98 valence electrons. The minimum atomic E-state index is 0.502. The number of ether oxygens (including phenoxy) is 1. The van der Waals surface area contributed by atoms with Crippen LogP contribution in [-0.2, 0) is 17.7 Å². The molecule has 18 heavy (non-hydrogen) atoms. The molecule has 1 aromatic rings. The van der Waals surface area contributed by atoms with E-state index in [1.165, 1.54) is 24.0 Å². The topological polar surface area (TPSA) is 38.5 Å². The molecule has 0 bridgehead atoms. The molecule has 0 atom stereocenters. The first-order valence-corrected chi connectivity index (χ1v) is 6.99. The third kappa shape index (κ3) is 2.13. The molecule has 3 rings (SSSR count). The summed E-state index contributed by atoms with van der Waals surface area (Å²) in [5.41, 5.74) is 9.79. The van der Waals surface area contributed by atoms with Crippen molar-refractivity contribution in [1.82, 2.24) is 4.90 Å². The highest BCUT2D eigenvalue weighted by molar-refractivity contribution is 5.51. The van der Waals surface area contributed by atoms with E-state index in [0.29, 0.717) is 6.10 Å². The van der Waals surface area contributed by atoms with E-state index in [1.807, 2.05) is 6.07 Å². The maximum atomic E-state index is 6.03. The average Bonchev–Trinajstić information content (AvgIpc) is 2.33. The number of benzene rings is 1. The first-order chi connectivity index (χ1) is 8.78. The highest BCUT2D eigenvalue weighted by atomic mass is 16.5. The number of hydrogen-bond acceptors (Lipinski definition) is 3. The maximum Gasteiger partial charge on any atom is 0.0604 e. The van der Waals surface area contributed by atoms with Crippen LogP contribution in [0, 0.1) is 0 Å². The summed E-state index contributed by atoms with van der Waals surface area (Å²) in [6.45, 7) is 5.12. The Labute approximate surface area is 109 Å². The third-order valence-corrected chi connectivity index (χ3v) is 4.32. The van der Waals surface area contributed by atoms with Crippen LogP contribution in [0.5, 0.6) is 0 Å². The van der Waals surface area contributed by atoms with Gasteiger partial charge in [0.15, 0.2) is 0 Å². The summed E-state index contributed by atoms with van der Waals surface area (Å²) >= 11 is 0. The summed E-state index contributed by atoms with van der Waals surface area (Å²) in [5, 5.41) is 0.